The van der Waals surface area contributed by atoms with Crippen LogP contribution in [0.4, 0.5) is 0 Å². The Kier molecular flexibility index (Phi) is 7.63. The molecule has 3 nitrogen and oxygen atoms in total. The predicted octanol–water partition coefficient (Wildman–Crippen LogP) is 3.18. The van der Waals surface area contributed by atoms with Crippen LogP contribution in [0.5, 0.6) is 5.75 Å². The molecule has 0 amide bonds. The van der Waals surface area contributed by atoms with Crippen LogP contribution in [0, 0.1) is 18.8 Å². The van der Waals surface area contributed by atoms with Crippen LogP contribution in [0.1, 0.15) is 30.9 Å². The summed E-state index contributed by atoms with van der Waals surface area (Å²) in [5.41, 5.74) is 1.92. The van der Waals surface area contributed by atoms with Crippen LogP contribution >= 0.6 is 11.6 Å². The summed E-state index contributed by atoms with van der Waals surface area (Å²) < 4.78 is 28.4. The zero-order chi connectivity index (χ0) is 15.7. The van der Waals surface area contributed by atoms with Crippen molar-refractivity contribution < 1.29 is 13.2 Å². The summed E-state index contributed by atoms with van der Waals surface area (Å²) in [6.07, 6.45) is 1.18. The van der Waals surface area contributed by atoms with Gasteiger partial charge in [0.1, 0.15) is 15.6 Å². The smallest absolute Gasteiger partial charge is 0.150 e. The van der Waals surface area contributed by atoms with Crippen molar-refractivity contribution in [1.82, 2.24) is 0 Å². The first-order valence-electron chi connectivity index (χ1n) is 6.97. The van der Waals surface area contributed by atoms with Crippen molar-refractivity contribution in [2.45, 2.75) is 26.7 Å². The largest absolute Gasteiger partial charge is 0.493 e. The lowest BCUT2D eigenvalue weighted by Crippen LogP contribution is -2.12. The van der Waals surface area contributed by atoms with Gasteiger partial charge in [0, 0.05) is 23.6 Å². The van der Waals surface area contributed by atoms with Gasteiger partial charge in [-0.3, -0.25) is 0 Å². The minimum Gasteiger partial charge on any atom is -0.493 e. The van der Waals surface area contributed by atoms with E-state index in [0.29, 0.717) is 25.3 Å². The van der Waals surface area contributed by atoms with Gasteiger partial charge < -0.3 is 4.74 Å². The summed E-state index contributed by atoms with van der Waals surface area (Å²) in [6.45, 7) is 4.01. The van der Waals surface area contributed by atoms with Gasteiger partial charge in [0.15, 0.2) is 0 Å². The van der Waals surface area contributed by atoms with Crippen LogP contribution < -0.4 is 4.74 Å². The highest BCUT2D eigenvalue weighted by Crippen LogP contribution is 2.19. The molecule has 0 aliphatic carbocycles. The molecule has 0 heterocycles. The Hall–Kier alpha value is -1.18. The number of hydrogen-bond donors (Lipinski definition) is 0. The van der Waals surface area contributed by atoms with Crippen molar-refractivity contribution in [3.05, 3.63) is 29.3 Å². The summed E-state index contributed by atoms with van der Waals surface area (Å²) in [6, 6.07) is 5.72. The summed E-state index contributed by atoms with van der Waals surface area (Å²) in [5, 5.41) is 0. The molecule has 0 N–H and O–H groups in total. The van der Waals surface area contributed by atoms with Crippen LogP contribution in [0.2, 0.25) is 0 Å². The van der Waals surface area contributed by atoms with Gasteiger partial charge in [-0.15, -0.1) is 11.6 Å². The molecule has 0 radical (unpaired) electrons. The topological polar surface area (TPSA) is 43.4 Å². The highest BCUT2D eigenvalue weighted by molar-refractivity contribution is 7.91. The molecule has 0 aliphatic heterocycles. The van der Waals surface area contributed by atoms with Gasteiger partial charge in [-0.25, -0.2) is 8.42 Å². The van der Waals surface area contributed by atoms with E-state index in [1.807, 2.05) is 25.1 Å². The van der Waals surface area contributed by atoms with Gasteiger partial charge >= 0.3 is 0 Å². The maximum absolute atomic E-state index is 11.4. The van der Waals surface area contributed by atoms with E-state index in [1.54, 1.807) is 6.92 Å². The maximum atomic E-state index is 11.4. The van der Waals surface area contributed by atoms with Crippen LogP contribution in [-0.2, 0) is 9.84 Å². The lowest BCUT2D eigenvalue weighted by Gasteiger charge is -2.09. The maximum Gasteiger partial charge on any atom is 0.150 e. The molecule has 0 atom stereocenters. The monoisotopic (exact) mass is 328 g/mol. The Labute approximate surface area is 132 Å². The van der Waals surface area contributed by atoms with Gasteiger partial charge in [-0.2, -0.15) is 0 Å². The minimum absolute atomic E-state index is 0.171. The minimum atomic E-state index is -2.91. The van der Waals surface area contributed by atoms with Crippen molar-refractivity contribution in [2.24, 2.45) is 0 Å². The number of ether oxygens (including phenoxy) is 1. The van der Waals surface area contributed by atoms with Gasteiger partial charge in [0.2, 0.25) is 0 Å². The van der Waals surface area contributed by atoms with Crippen molar-refractivity contribution in [3.8, 4) is 17.6 Å². The second kappa shape index (κ2) is 8.96. The fraction of sp³-hybridized carbons (Fsp3) is 0.500. The highest BCUT2D eigenvalue weighted by Gasteiger charge is 2.07. The SMILES string of the molecule is CCS(=O)(=O)CCCOc1ccc(C#CCCCl)cc1C. The summed E-state index contributed by atoms with van der Waals surface area (Å²) >= 11 is 5.57. The summed E-state index contributed by atoms with van der Waals surface area (Å²) in [4.78, 5) is 0. The van der Waals surface area contributed by atoms with Crippen LogP contribution in [0.3, 0.4) is 0 Å². The fourth-order valence-corrected chi connectivity index (χ4v) is 2.65. The molecule has 0 unspecified atom stereocenters. The van der Waals surface area contributed by atoms with Crippen molar-refractivity contribution in [2.75, 3.05) is 24.0 Å². The molecule has 116 valence electrons. The Balaban J connectivity index is 2.52. The van der Waals surface area contributed by atoms with Gasteiger partial charge in [-0.1, -0.05) is 18.8 Å². The van der Waals surface area contributed by atoms with Gasteiger partial charge in [-0.05, 0) is 37.1 Å². The molecule has 0 fully saturated rings. The molecular weight excluding hydrogens is 308 g/mol. The first-order chi connectivity index (χ1) is 9.98. The molecule has 5 heteroatoms. The van der Waals surface area contributed by atoms with Crippen molar-refractivity contribution >= 4 is 21.4 Å². The zero-order valence-corrected chi connectivity index (χ0v) is 14.1. The molecule has 0 saturated carbocycles. The first-order valence-corrected chi connectivity index (χ1v) is 9.33. The van der Waals surface area contributed by atoms with E-state index < -0.39 is 9.84 Å². The number of sulfone groups is 1. The molecule has 0 aliphatic rings. The molecule has 1 aromatic carbocycles. The van der Waals surface area contributed by atoms with E-state index in [4.69, 9.17) is 16.3 Å². The second-order valence-electron chi connectivity index (χ2n) is 4.66. The van der Waals surface area contributed by atoms with Crippen molar-refractivity contribution in [3.63, 3.8) is 0 Å². The summed E-state index contributed by atoms with van der Waals surface area (Å²) in [7, 11) is -2.91. The molecular formula is C16H21ClO3S. The third kappa shape index (κ3) is 6.88. The average molecular weight is 329 g/mol. The number of rotatable bonds is 7. The molecule has 0 bridgehead atoms. The normalized spacial score (nSPS) is 10.8. The van der Waals surface area contributed by atoms with Crippen LogP contribution in [0.25, 0.3) is 0 Å². The molecule has 0 saturated heterocycles. The summed E-state index contributed by atoms with van der Waals surface area (Å²) in [5.74, 6) is 7.68. The highest BCUT2D eigenvalue weighted by atomic mass is 35.5. The van der Waals surface area contributed by atoms with E-state index in [1.165, 1.54) is 0 Å². The molecule has 0 spiro atoms. The quantitative estimate of drug-likeness (QED) is 0.438. The van der Waals surface area contributed by atoms with E-state index >= 15 is 0 Å². The number of benzene rings is 1. The standard InChI is InChI=1S/C16H21ClO3S/c1-3-21(18,19)12-6-11-20-16-9-8-15(13-14(16)2)7-4-5-10-17/h8-9,13H,3,5-6,10-12H2,1-2H3. The van der Waals surface area contributed by atoms with E-state index in [9.17, 15) is 8.42 Å². The zero-order valence-electron chi connectivity index (χ0n) is 12.5. The predicted molar refractivity (Wildman–Crippen MR) is 87.8 cm³/mol. The van der Waals surface area contributed by atoms with Crippen molar-refractivity contribution in [1.29, 1.82) is 0 Å². The average Bonchev–Trinajstić information content (AvgIpc) is 2.45. The lowest BCUT2D eigenvalue weighted by atomic mass is 10.1. The third-order valence-electron chi connectivity index (χ3n) is 2.92. The van der Waals surface area contributed by atoms with E-state index in [2.05, 4.69) is 11.8 Å². The van der Waals surface area contributed by atoms with Crippen LogP contribution in [-0.4, -0.2) is 32.4 Å². The molecule has 1 rings (SSSR count). The second-order valence-corrected chi connectivity index (χ2v) is 7.51. The number of halogens is 1. The number of hydrogen-bond acceptors (Lipinski definition) is 3. The van der Waals surface area contributed by atoms with E-state index in [0.717, 1.165) is 16.9 Å². The Bertz CT molecular complexity index is 612. The van der Waals surface area contributed by atoms with Gasteiger partial charge in [0.05, 0.1) is 12.4 Å². The molecule has 1 aromatic rings. The lowest BCUT2D eigenvalue weighted by molar-refractivity contribution is 0.315. The third-order valence-corrected chi connectivity index (χ3v) is 4.90. The van der Waals surface area contributed by atoms with Crippen LogP contribution in [0.15, 0.2) is 18.2 Å². The Morgan fingerprint density at radius 1 is 1.33 bits per heavy atom. The Morgan fingerprint density at radius 3 is 2.71 bits per heavy atom. The van der Waals surface area contributed by atoms with Gasteiger partial charge in [0.25, 0.3) is 0 Å². The molecule has 21 heavy (non-hydrogen) atoms. The molecule has 0 aromatic heterocycles. The number of alkyl halides is 1. The fourth-order valence-electron chi connectivity index (χ4n) is 1.71. The van der Waals surface area contributed by atoms with E-state index in [-0.39, 0.29) is 11.5 Å². The Morgan fingerprint density at radius 2 is 2.10 bits per heavy atom. The first kappa shape index (κ1) is 17.9. The number of aryl methyl sites for hydroxylation is 1.